The highest BCUT2D eigenvalue weighted by Gasteiger charge is 2.14. The van der Waals surface area contributed by atoms with E-state index in [1.54, 1.807) is 0 Å². The summed E-state index contributed by atoms with van der Waals surface area (Å²) in [5.41, 5.74) is 9.69. The zero-order valence-corrected chi connectivity index (χ0v) is 11.7. The molecule has 2 aromatic rings. The minimum atomic E-state index is 0.905. The molecular weight excluding hydrogens is 234 g/mol. The lowest BCUT2D eigenvalue weighted by molar-refractivity contribution is 0.278. The Bertz CT molecular complexity index is 563. The van der Waals surface area contributed by atoms with Gasteiger partial charge in [-0.15, -0.1) is 0 Å². The lowest BCUT2D eigenvalue weighted by atomic mass is 10.1. The maximum Gasteiger partial charge on any atom is 0.0501 e. The Hall–Kier alpha value is -1.48. The molecule has 1 fully saturated rings. The Kier molecular flexibility index (Phi) is 3.47. The average Bonchev–Trinajstić information content (AvgIpc) is 2.59. The summed E-state index contributed by atoms with van der Waals surface area (Å²) in [7, 11) is 2.10. The molecule has 0 aliphatic carbocycles. The predicted molar refractivity (Wildman–Crippen MR) is 81.1 cm³/mol. The zero-order valence-electron chi connectivity index (χ0n) is 11.7. The first-order valence-corrected chi connectivity index (χ1v) is 7.30. The molecule has 3 rings (SSSR count). The van der Waals surface area contributed by atoms with Gasteiger partial charge < -0.3 is 10.3 Å². The third kappa shape index (κ3) is 2.47. The molecule has 0 bridgehead atoms. The van der Waals surface area contributed by atoms with Gasteiger partial charge in [0.2, 0.25) is 0 Å². The summed E-state index contributed by atoms with van der Waals surface area (Å²) in [6.07, 6.45) is 7.68. The summed E-state index contributed by atoms with van der Waals surface area (Å²) < 4.78 is 2.19. The van der Waals surface area contributed by atoms with Crippen LogP contribution in [0.4, 0.5) is 5.69 Å². The molecule has 19 heavy (non-hydrogen) atoms. The van der Waals surface area contributed by atoms with E-state index in [9.17, 15) is 0 Å². The Morgan fingerprint density at radius 2 is 1.84 bits per heavy atom. The molecule has 1 aromatic heterocycles. The molecule has 0 saturated carbocycles. The molecule has 0 atom stereocenters. The van der Waals surface area contributed by atoms with Crippen LogP contribution in [-0.4, -0.2) is 22.6 Å². The number of hydrogen-bond acceptors (Lipinski definition) is 2. The maximum atomic E-state index is 6.17. The molecule has 0 amide bonds. The van der Waals surface area contributed by atoms with Crippen molar-refractivity contribution in [2.75, 3.05) is 18.8 Å². The summed E-state index contributed by atoms with van der Waals surface area (Å²) in [5.74, 6) is 0. The Morgan fingerprint density at radius 1 is 1.11 bits per heavy atom. The lowest BCUT2D eigenvalue weighted by Gasteiger charge is -2.19. The van der Waals surface area contributed by atoms with Gasteiger partial charge in [-0.25, -0.2) is 0 Å². The van der Waals surface area contributed by atoms with Crippen molar-refractivity contribution >= 4 is 16.6 Å². The van der Waals surface area contributed by atoms with E-state index in [0.29, 0.717) is 0 Å². The molecule has 0 spiro atoms. The molecule has 0 radical (unpaired) electrons. The van der Waals surface area contributed by atoms with Gasteiger partial charge in [0.05, 0.1) is 5.52 Å². The fraction of sp³-hybridized carbons (Fsp3) is 0.500. The van der Waals surface area contributed by atoms with Crippen LogP contribution in [0.25, 0.3) is 10.9 Å². The quantitative estimate of drug-likeness (QED) is 0.839. The van der Waals surface area contributed by atoms with E-state index in [-0.39, 0.29) is 0 Å². The van der Waals surface area contributed by atoms with Gasteiger partial charge in [-0.1, -0.05) is 18.9 Å². The molecule has 102 valence electrons. The second-order valence-electron chi connectivity index (χ2n) is 5.70. The first-order chi connectivity index (χ1) is 9.25. The van der Waals surface area contributed by atoms with Gasteiger partial charge in [-0.05, 0) is 43.6 Å². The molecular formula is C16H23N3. The number of fused-ring (bicyclic) bond motifs is 1. The van der Waals surface area contributed by atoms with Crippen LogP contribution in [0.15, 0.2) is 24.4 Å². The van der Waals surface area contributed by atoms with E-state index in [0.717, 1.165) is 12.2 Å². The molecule has 1 saturated heterocycles. The SMILES string of the molecule is Cn1cc(CN2CCCCCC2)c2c(N)cccc21. The van der Waals surface area contributed by atoms with Crippen molar-refractivity contribution in [2.45, 2.75) is 32.2 Å². The predicted octanol–water partition coefficient (Wildman–Crippen LogP) is 3.14. The van der Waals surface area contributed by atoms with Crippen LogP contribution in [0.1, 0.15) is 31.2 Å². The number of aryl methyl sites for hydroxylation is 1. The van der Waals surface area contributed by atoms with Gasteiger partial charge in [0.1, 0.15) is 0 Å². The molecule has 1 aliphatic heterocycles. The maximum absolute atomic E-state index is 6.17. The molecule has 3 heteroatoms. The van der Waals surface area contributed by atoms with Crippen molar-refractivity contribution in [1.29, 1.82) is 0 Å². The van der Waals surface area contributed by atoms with Crippen molar-refractivity contribution in [1.82, 2.24) is 9.47 Å². The topological polar surface area (TPSA) is 34.2 Å². The monoisotopic (exact) mass is 257 g/mol. The van der Waals surface area contributed by atoms with Gasteiger partial charge in [0.15, 0.2) is 0 Å². The molecule has 3 nitrogen and oxygen atoms in total. The van der Waals surface area contributed by atoms with E-state index >= 15 is 0 Å². The van der Waals surface area contributed by atoms with E-state index < -0.39 is 0 Å². The third-order valence-electron chi connectivity index (χ3n) is 4.22. The van der Waals surface area contributed by atoms with Gasteiger partial charge in [-0.3, -0.25) is 4.90 Å². The number of benzene rings is 1. The molecule has 1 aliphatic rings. The van der Waals surface area contributed by atoms with Crippen molar-refractivity contribution in [3.63, 3.8) is 0 Å². The Balaban J connectivity index is 1.92. The van der Waals surface area contributed by atoms with Crippen LogP contribution in [-0.2, 0) is 13.6 Å². The zero-order chi connectivity index (χ0) is 13.2. The minimum absolute atomic E-state index is 0.905. The number of nitrogens with two attached hydrogens (primary N) is 1. The number of hydrogen-bond donors (Lipinski definition) is 1. The summed E-state index contributed by atoms with van der Waals surface area (Å²) in [5, 5.41) is 1.24. The second kappa shape index (κ2) is 5.25. The van der Waals surface area contributed by atoms with Gasteiger partial charge >= 0.3 is 0 Å². The molecule has 0 unspecified atom stereocenters. The van der Waals surface area contributed by atoms with Crippen LogP contribution >= 0.6 is 0 Å². The smallest absolute Gasteiger partial charge is 0.0501 e. The summed E-state index contributed by atoms with van der Waals surface area (Å²) in [6, 6.07) is 6.19. The van der Waals surface area contributed by atoms with E-state index in [4.69, 9.17) is 5.73 Å². The van der Waals surface area contributed by atoms with Gasteiger partial charge in [0, 0.05) is 30.9 Å². The summed E-state index contributed by atoms with van der Waals surface area (Å²) in [6.45, 7) is 3.48. The summed E-state index contributed by atoms with van der Waals surface area (Å²) >= 11 is 0. The molecule has 1 aromatic carbocycles. The Morgan fingerprint density at radius 3 is 2.58 bits per heavy atom. The highest BCUT2D eigenvalue weighted by atomic mass is 15.1. The third-order valence-corrected chi connectivity index (χ3v) is 4.22. The van der Waals surface area contributed by atoms with Crippen LogP contribution < -0.4 is 5.73 Å². The second-order valence-corrected chi connectivity index (χ2v) is 5.70. The number of nitrogens with zero attached hydrogens (tertiary/aromatic N) is 2. The fourth-order valence-corrected chi connectivity index (χ4v) is 3.22. The van der Waals surface area contributed by atoms with Crippen LogP contribution in [0.5, 0.6) is 0 Å². The van der Waals surface area contributed by atoms with Crippen LogP contribution in [0.3, 0.4) is 0 Å². The van der Waals surface area contributed by atoms with Crippen LogP contribution in [0.2, 0.25) is 0 Å². The number of nitrogen functional groups attached to an aromatic ring is 1. The number of likely N-dealkylation sites (tertiary alicyclic amines) is 1. The first kappa shape index (κ1) is 12.5. The normalized spacial score (nSPS) is 17.7. The van der Waals surface area contributed by atoms with Crippen LogP contribution in [0, 0.1) is 0 Å². The van der Waals surface area contributed by atoms with Gasteiger partial charge in [-0.2, -0.15) is 0 Å². The fourth-order valence-electron chi connectivity index (χ4n) is 3.22. The van der Waals surface area contributed by atoms with E-state index in [1.165, 1.54) is 55.2 Å². The van der Waals surface area contributed by atoms with E-state index in [2.05, 4.69) is 28.8 Å². The van der Waals surface area contributed by atoms with Crippen molar-refractivity contribution < 1.29 is 0 Å². The average molecular weight is 257 g/mol. The highest BCUT2D eigenvalue weighted by molar-refractivity contribution is 5.94. The number of rotatable bonds is 2. The first-order valence-electron chi connectivity index (χ1n) is 7.30. The van der Waals surface area contributed by atoms with Crippen molar-refractivity contribution in [2.24, 2.45) is 7.05 Å². The highest BCUT2D eigenvalue weighted by Crippen LogP contribution is 2.27. The minimum Gasteiger partial charge on any atom is -0.398 e. The lowest BCUT2D eigenvalue weighted by Crippen LogP contribution is -2.23. The molecule has 2 N–H and O–H groups in total. The van der Waals surface area contributed by atoms with Crippen molar-refractivity contribution in [3.05, 3.63) is 30.0 Å². The van der Waals surface area contributed by atoms with Crippen molar-refractivity contribution in [3.8, 4) is 0 Å². The number of anilines is 1. The largest absolute Gasteiger partial charge is 0.398 e. The number of aromatic nitrogens is 1. The van der Waals surface area contributed by atoms with E-state index in [1.807, 2.05) is 12.1 Å². The van der Waals surface area contributed by atoms with Gasteiger partial charge in [0.25, 0.3) is 0 Å². The standard InChI is InChI=1S/C16H23N3/c1-18-11-13(12-19-9-4-2-3-5-10-19)16-14(17)7-6-8-15(16)18/h6-8,11H,2-5,9-10,12,17H2,1H3. The summed E-state index contributed by atoms with van der Waals surface area (Å²) in [4.78, 5) is 2.58. The Labute approximate surface area is 115 Å². The molecule has 2 heterocycles.